The van der Waals surface area contributed by atoms with Crippen LogP contribution in [-0.4, -0.2) is 33.3 Å². The van der Waals surface area contributed by atoms with E-state index >= 15 is 0 Å². The molecule has 1 atom stereocenters. The fraction of sp³-hybridized carbons (Fsp3) is 0.400. The van der Waals surface area contributed by atoms with Crippen LogP contribution >= 0.6 is 23.2 Å². The van der Waals surface area contributed by atoms with E-state index in [9.17, 15) is 4.79 Å². The number of rotatable bonds is 6. The fourth-order valence-corrected chi connectivity index (χ4v) is 1.54. The van der Waals surface area contributed by atoms with Gasteiger partial charge >= 0.3 is 5.97 Å². The summed E-state index contributed by atoms with van der Waals surface area (Å²) in [5, 5.41) is 19.2. The average molecular weight is 291 g/mol. The van der Waals surface area contributed by atoms with Crippen LogP contribution in [0.25, 0.3) is 0 Å². The largest absolute Gasteiger partial charge is 0.477 e. The van der Waals surface area contributed by atoms with E-state index in [-0.39, 0.29) is 23.3 Å². The van der Waals surface area contributed by atoms with Crippen LogP contribution in [0.3, 0.4) is 0 Å². The molecule has 0 spiro atoms. The highest BCUT2D eigenvalue weighted by atomic mass is 35.5. The lowest BCUT2D eigenvalue weighted by Crippen LogP contribution is -2.20. The number of nitrogens with one attached hydrogen (secondary N) is 2. The molecule has 3 N–H and O–H groups in total. The first-order chi connectivity index (χ1) is 8.40. The Balaban J connectivity index is 2.52. The zero-order valence-corrected chi connectivity index (χ0v) is 11.1. The highest BCUT2D eigenvalue weighted by molar-refractivity contribution is 6.34. The van der Waals surface area contributed by atoms with Crippen molar-refractivity contribution in [2.45, 2.75) is 13.3 Å². The second-order valence-corrected chi connectivity index (χ2v) is 4.55. The molecule has 18 heavy (non-hydrogen) atoms. The maximum Gasteiger partial charge on any atom is 0.349 e. The van der Waals surface area contributed by atoms with Gasteiger partial charge in [0.05, 0.1) is 6.20 Å². The summed E-state index contributed by atoms with van der Waals surface area (Å²) < 4.78 is 0. The van der Waals surface area contributed by atoms with Crippen LogP contribution < -0.4 is 5.32 Å². The number of aromatic nitrogens is 2. The molecule has 0 aromatic carbocycles. The summed E-state index contributed by atoms with van der Waals surface area (Å²) in [5.41, 5.74) is -0.323. The van der Waals surface area contributed by atoms with Crippen molar-refractivity contribution in [1.82, 2.24) is 9.97 Å². The van der Waals surface area contributed by atoms with E-state index in [0.29, 0.717) is 17.4 Å². The molecule has 0 radical (unpaired) electrons. The van der Waals surface area contributed by atoms with E-state index in [1.807, 2.05) is 6.92 Å². The van der Waals surface area contributed by atoms with E-state index in [4.69, 9.17) is 33.7 Å². The predicted molar refractivity (Wildman–Crippen MR) is 69.7 cm³/mol. The van der Waals surface area contributed by atoms with Gasteiger partial charge in [-0.05, 0) is 17.5 Å². The van der Waals surface area contributed by atoms with Crippen molar-refractivity contribution in [3.8, 4) is 0 Å². The molecule has 1 aromatic heterocycles. The molecule has 0 aliphatic carbocycles. The van der Waals surface area contributed by atoms with E-state index < -0.39 is 5.97 Å². The van der Waals surface area contributed by atoms with Gasteiger partial charge in [-0.1, -0.05) is 18.5 Å². The van der Waals surface area contributed by atoms with Gasteiger partial charge in [-0.2, -0.15) is 4.98 Å². The normalized spacial score (nSPS) is 11.9. The molecule has 0 unspecified atom stereocenters. The Kier molecular flexibility index (Phi) is 5.30. The maximum atomic E-state index is 10.5. The quantitative estimate of drug-likeness (QED) is 0.552. The molecule has 0 aliphatic heterocycles. The summed E-state index contributed by atoms with van der Waals surface area (Å²) in [4.78, 5) is 18.1. The Labute approximate surface area is 114 Å². The van der Waals surface area contributed by atoms with Crippen molar-refractivity contribution in [2.24, 2.45) is 5.92 Å². The number of hydrogen-bond acceptors (Lipinski definition) is 5. The van der Waals surface area contributed by atoms with E-state index in [1.54, 1.807) is 0 Å². The number of halogens is 2. The topological polar surface area (TPSA) is 99.0 Å². The molecular weight excluding hydrogens is 279 g/mol. The second-order valence-electron chi connectivity index (χ2n) is 3.81. The van der Waals surface area contributed by atoms with E-state index in [2.05, 4.69) is 15.3 Å². The van der Waals surface area contributed by atoms with E-state index in [0.717, 1.165) is 0 Å². The Hall–Kier alpha value is -1.40. The van der Waals surface area contributed by atoms with Gasteiger partial charge < -0.3 is 10.4 Å². The highest BCUT2D eigenvalue weighted by Gasteiger charge is 2.13. The van der Waals surface area contributed by atoms with Gasteiger partial charge in [-0.3, -0.25) is 5.41 Å². The van der Waals surface area contributed by atoms with Crippen molar-refractivity contribution in [2.75, 3.05) is 11.9 Å². The lowest BCUT2D eigenvalue weighted by Gasteiger charge is -2.13. The number of carboxylic acid groups (broad SMARTS) is 1. The van der Waals surface area contributed by atoms with Gasteiger partial charge in [-0.15, -0.1) is 0 Å². The molecule has 0 saturated heterocycles. The maximum absolute atomic E-state index is 10.5. The third-order valence-corrected chi connectivity index (χ3v) is 2.60. The van der Waals surface area contributed by atoms with Crippen molar-refractivity contribution in [3.63, 3.8) is 0 Å². The predicted octanol–water partition coefficient (Wildman–Crippen LogP) is 2.33. The molecular formula is C10H12Cl2N4O2. The van der Waals surface area contributed by atoms with Gasteiger partial charge in [0.25, 0.3) is 0 Å². The third-order valence-electron chi connectivity index (χ3n) is 2.14. The Morgan fingerprint density at radius 1 is 1.61 bits per heavy atom. The van der Waals surface area contributed by atoms with Gasteiger partial charge in [0.2, 0.25) is 5.28 Å². The van der Waals surface area contributed by atoms with E-state index in [1.165, 1.54) is 6.20 Å². The lowest BCUT2D eigenvalue weighted by molar-refractivity contribution is -0.129. The summed E-state index contributed by atoms with van der Waals surface area (Å²) in [5.74, 6) is -0.853. The molecule has 0 fully saturated rings. The molecule has 8 heteroatoms. The minimum atomic E-state index is -1.20. The number of hydrogen-bond donors (Lipinski definition) is 3. The molecule has 6 nitrogen and oxygen atoms in total. The zero-order chi connectivity index (χ0) is 13.7. The SMILES string of the molecule is C[C@H](CNc1nc(Cl)ncc1Cl)CC(=N)C(=O)O. The van der Waals surface area contributed by atoms with Crippen LogP contribution in [0.1, 0.15) is 13.3 Å². The van der Waals surface area contributed by atoms with Crippen molar-refractivity contribution in [1.29, 1.82) is 5.41 Å². The second kappa shape index (κ2) is 6.51. The average Bonchev–Trinajstić information content (AvgIpc) is 2.30. The smallest absolute Gasteiger partial charge is 0.349 e. The molecule has 0 bridgehead atoms. The fourth-order valence-electron chi connectivity index (χ4n) is 1.25. The molecule has 1 heterocycles. The number of nitrogens with zero attached hydrogens (tertiary/aromatic N) is 2. The summed E-state index contributed by atoms with van der Waals surface area (Å²) in [6.07, 6.45) is 1.54. The Morgan fingerprint density at radius 2 is 2.28 bits per heavy atom. The van der Waals surface area contributed by atoms with Gasteiger partial charge in [0.15, 0.2) is 0 Å². The summed E-state index contributed by atoms with van der Waals surface area (Å²) in [6, 6.07) is 0. The lowest BCUT2D eigenvalue weighted by atomic mass is 10.0. The van der Waals surface area contributed by atoms with Crippen LogP contribution in [0.4, 0.5) is 5.82 Å². The molecule has 1 rings (SSSR count). The van der Waals surface area contributed by atoms with Crippen molar-refractivity contribution < 1.29 is 9.90 Å². The van der Waals surface area contributed by atoms with Crippen LogP contribution in [0.2, 0.25) is 10.3 Å². The van der Waals surface area contributed by atoms with Crippen molar-refractivity contribution in [3.05, 3.63) is 16.5 Å². The first-order valence-electron chi connectivity index (χ1n) is 5.12. The van der Waals surface area contributed by atoms with Crippen molar-refractivity contribution >= 4 is 40.7 Å². The molecule has 1 aromatic rings. The third kappa shape index (κ3) is 4.46. The molecule has 0 amide bonds. The first kappa shape index (κ1) is 14.7. The van der Waals surface area contributed by atoms with Gasteiger partial charge in [0, 0.05) is 13.0 Å². The summed E-state index contributed by atoms with van der Waals surface area (Å²) >= 11 is 11.5. The summed E-state index contributed by atoms with van der Waals surface area (Å²) in [6.45, 7) is 2.25. The van der Waals surface area contributed by atoms with Crippen LogP contribution in [0, 0.1) is 11.3 Å². The number of aliphatic carboxylic acids is 1. The standard InChI is InChI=1S/C10H12Cl2N4O2/c1-5(2-7(13)9(17)18)3-14-8-6(11)4-15-10(12)16-8/h4-5,13H,2-3H2,1H3,(H,17,18)(H,14,15,16)/t5-/m0/s1. The van der Waals surface area contributed by atoms with Gasteiger partial charge in [-0.25, -0.2) is 9.78 Å². The van der Waals surface area contributed by atoms with Crippen LogP contribution in [0.5, 0.6) is 0 Å². The van der Waals surface area contributed by atoms with Crippen LogP contribution in [0.15, 0.2) is 6.20 Å². The van der Waals surface area contributed by atoms with Crippen LogP contribution in [-0.2, 0) is 4.79 Å². The first-order valence-corrected chi connectivity index (χ1v) is 5.88. The summed E-state index contributed by atoms with van der Waals surface area (Å²) in [7, 11) is 0. The highest BCUT2D eigenvalue weighted by Crippen LogP contribution is 2.19. The van der Waals surface area contributed by atoms with Gasteiger partial charge in [0.1, 0.15) is 16.6 Å². The molecule has 0 aliphatic rings. The Morgan fingerprint density at radius 3 is 2.89 bits per heavy atom. The molecule has 0 saturated carbocycles. The molecule has 98 valence electrons. The monoisotopic (exact) mass is 290 g/mol. The number of carboxylic acids is 1. The number of carbonyl (C=O) groups is 1. The Bertz CT molecular complexity index is 467. The minimum absolute atomic E-state index is 0.0431. The zero-order valence-electron chi connectivity index (χ0n) is 9.57. The number of anilines is 1. The minimum Gasteiger partial charge on any atom is -0.477 e.